The molecule has 4 heterocycles. The summed E-state index contributed by atoms with van der Waals surface area (Å²) in [6.07, 6.45) is 19.0. The van der Waals surface area contributed by atoms with Gasteiger partial charge in [0.25, 0.3) is 0 Å². The monoisotopic (exact) mass is 1720 g/mol. The van der Waals surface area contributed by atoms with Crippen molar-refractivity contribution in [3.8, 4) is 46.0 Å². The summed E-state index contributed by atoms with van der Waals surface area (Å²) in [5.74, 6) is 6.15. The number of rotatable bonds is 60. The van der Waals surface area contributed by atoms with Gasteiger partial charge in [-0.1, -0.05) is 192 Å². The number of anilines is 1. The molecule has 4 fully saturated rings. The summed E-state index contributed by atoms with van der Waals surface area (Å²) in [4.78, 5) is 4.21. The summed E-state index contributed by atoms with van der Waals surface area (Å²) in [5.41, 5.74) is 20.8. The first-order valence-electron chi connectivity index (χ1n) is 47.3. The molecular formula is C108H140N2O16. The smallest absolute Gasteiger partial charge is 0.122 e. The Balaban J connectivity index is 0.801. The van der Waals surface area contributed by atoms with Gasteiger partial charge in [0, 0.05) is 37.9 Å². The van der Waals surface area contributed by atoms with Crippen molar-refractivity contribution in [3.05, 3.63) is 264 Å². The number of aliphatic hydroxyl groups is 4. The first-order chi connectivity index (χ1) is 61.8. The summed E-state index contributed by atoms with van der Waals surface area (Å²) in [6.45, 7) is 22.1. The molecule has 0 aromatic heterocycles. The van der Waals surface area contributed by atoms with Gasteiger partial charge in [-0.15, -0.1) is 0 Å². The second-order valence-electron chi connectivity index (χ2n) is 34.9. The number of benzene rings is 9. The Bertz CT molecular complexity index is 4550. The lowest BCUT2D eigenvalue weighted by molar-refractivity contribution is 0.0110. The molecular weight excluding hydrogens is 1580 g/mol. The Kier molecular flexibility index (Phi) is 36.6. The Morgan fingerprint density at radius 3 is 0.770 bits per heavy atom. The standard InChI is InChI=1S/C108H140N2O16/c1-9-17-76-27-41-105(123-71-101-67-119-101)88(47-76)51-84-55-97(37-31-80(84)21-13-5)115-63-93(59-111)109(94(60-112)64-116-98-38-32-81(22-14-6)85(56-98)52-89-48-77(18-10-2)28-42-106(89)124-72-102-68-120-102)46-45-75-25-35-92(36-26-75)110(95(61-113)65-117-99-39-33-82(23-15-7)86(57-99)53-90-49-78(19-11-3)29-43-107(90)125-73-103-69-121-103)96(62-114)66-118-100-40-34-83(24-16-8)87(58-100)54-91-50-79(20-12-4)30-44-108(91)126-74-104-70-122-104/h25-44,47-50,55-58,93-96,101-104,111-114H,9-24,45-46,51-54,59-74H2,1-8H3. The Labute approximate surface area is 750 Å². The van der Waals surface area contributed by atoms with Gasteiger partial charge in [0.1, 0.15) is 123 Å². The first kappa shape index (κ1) is 94.4. The van der Waals surface area contributed by atoms with E-state index in [1.54, 1.807) is 0 Å². The molecule has 0 radical (unpaired) electrons. The quantitative estimate of drug-likeness (QED) is 0.0261. The van der Waals surface area contributed by atoms with Gasteiger partial charge in [-0.05, 0) is 237 Å². The highest BCUT2D eigenvalue weighted by Gasteiger charge is 2.33. The van der Waals surface area contributed by atoms with E-state index in [9.17, 15) is 20.4 Å². The van der Waals surface area contributed by atoms with Gasteiger partial charge in [-0.3, -0.25) is 4.90 Å². The van der Waals surface area contributed by atoms with Crippen molar-refractivity contribution in [3.63, 3.8) is 0 Å². The molecule has 9 aromatic carbocycles. The number of aliphatic hydroxyl groups excluding tert-OH is 4. The number of epoxide rings is 4. The van der Waals surface area contributed by atoms with Crippen molar-refractivity contribution in [2.45, 2.75) is 239 Å². The molecule has 678 valence electrons. The van der Waals surface area contributed by atoms with Crippen LogP contribution < -0.4 is 42.8 Å². The second kappa shape index (κ2) is 48.8. The normalized spacial score (nSPS) is 16.5. The summed E-state index contributed by atoms with van der Waals surface area (Å²) in [6, 6.07) is 57.5. The minimum absolute atomic E-state index is 0.0740. The van der Waals surface area contributed by atoms with Crippen LogP contribution in [0, 0.1) is 0 Å². The molecule has 4 aliphatic rings. The average Bonchev–Trinajstić information content (AvgIpc) is 1.39. The topological polar surface area (TPSA) is 211 Å². The largest absolute Gasteiger partial charge is 0.492 e. The lowest BCUT2D eigenvalue weighted by atomic mass is 9.94. The number of aryl methyl sites for hydroxylation is 8. The zero-order valence-electron chi connectivity index (χ0n) is 76.2. The average molecular weight is 1720 g/mol. The van der Waals surface area contributed by atoms with Crippen LogP contribution in [0.15, 0.2) is 170 Å². The molecule has 4 aliphatic heterocycles. The number of ether oxygens (including phenoxy) is 12. The number of hydrogen-bond acceptors (Lipinski definition) is 18. The highest BCUT2D eigenvalue weighted by atomic mass is 16.6. The van der Waals surface area contributed by atoms with Crippen LogP contribution in [-0.2, 0) is 102 Å². The van der Waals surface area contributed by atoms with Crippen LogP contribution in [0.2, 0.25) is 0 Å². The minimum Gasteiger partial charge on any atom is -0.492 e. The molecule has 0 spiro atoms. The van der Waals surface area contributed by atoms with E-state index in [1.165, 1.54) is 44.5 Å². The maximum atomic E-state index is 11.9. The lowest BCUT2D eigenvalue weighted by Crippen LogP contribution is -2.52. The fourth-order valence-electron chi connectivity index (χ4n) is 17.3. The van der Waals surface area contributed by atoms with Crippen molar-refractivity contribution in [2.24, 2.45) is 0 Å². The van der Waals surface area contributed by atoms with Crippen LogP contribution in [-0.4, -0.2) is 186 Å². The molecule has 9 aromatic rings. The predicted molar refractivity (Wildman–Crippen MR) is 500 cm³/mol. The molecule has 0 aliphatic carbocycles. The van der Waals surface area contributed by atoms with Crippen molar-refractivity contribution in [2.75, 3.05) is 117 Å². The second-order valence-corrected chi connectivity index (χ2v) is 34.9. The molecule has 13 rings (SSSR count). The zero-order chi connectivity index (χ0) is 87.9. The van der Waals surface area contributed by atoms with E-state index in [-0.39, 0.29) is 77.3 Å². The van der Waals surface area contributed by atoms with Crippen molar-refractivity contribution in [1.29, 1.82) is 0 Å². The highest BCUT2D eigenvalue weighted by Crippen LogP contribution is 2.37. The van der Waals surface area contributed by atoms with Gasteiger partial charge in [0.2, 0.25) is 0 Å². The lowest BCUT2D eigenvalue weighted by Gasteiger charge is -2.38. The summed E-state index contributed by atoms with van der Waals surface area (Å²) < 4.78 is 75.6. The third-order valence-electron chi connectivity index (χ3n) is 24.5. The number of hydrogen-bond donors (Lipinski definition) is 4. The third-order valence-corrected chi connectivity index (χ3v) is 24.5. The van der Waals surface area contributed by atoms with Crippen molar-refractivity contribution < 1.29 is 77.3 Å². The molecule has 18 heteroatoms. The van der Waals surface area contributed by atoms with Crippen LogP contribution in [0.1, 0.15) is 201 Å². The molecule has 8 atom stereocenters. The molecule has 126 heavy (non-hydrogen) atoms. The summed E-state index contributed by atoms with van der Waals surface area (Å²) in [5, 5.41) is 47.5. The van der Waals surface area contributed by atoms with Crippen LogP contribution in [0.5, 0.6) is 46.0 Å². The molecule has 8 unspecified atom stereocenters. The van der Waals surface area contributed by atoms with E-state index >= 15 is 0 Å². The van der Waals surface area contributed by atoms with Gasteiger partial charge >= 0.3 is 0 Å². The number of nitrogens with zero attached hydrogens (tertiary/aromatic N) is 2. The van der Waals surface area contributed by atoms with E-state index < -0.39 is 24.2 Å². The van der Waals surface area contributed by atoms with Gasteiger partial charge in [-0.2, -0.15) is 0 Å². The molecule has 18 nitrogen and oxygen atoms in total. The van der Waals surface area contributed by atoms with Gasteiger partial charge in [-0.25, -0.2) is 0 Å². The highest BCUT2D eigenvalue weighted by molar-refractivity contribution is 5.53. The minimum atomic E-state index is -0.668. The van der Waals surface area contributed by atoms with Crippen molar-refractivity contribution in [1.82, 2.24) is 4.90 Å². The molecule has 0 bridgehead atoms. The maximum Gasteiger partial charge on any atom is 0.122 e. The fraction of sp³-hybridized carbons (Fsp3) is 0.500. The van der Waals surface area contributed by atoms with E-state index in [0.29, 0.717) is 115 Å². The van der Waals surface area contributed by atoms with E-state index in [0.717, 1.165) is 181 Å². The van der Waals surface area contributed by atoms with Crippen LogP contribution >= 0.6 is 0 Å². The maximum absolute atomic E-state index is 11.9. The summed E-state index contributed by atoms with van der Waals surface area (Å²) in [7, 11) is 0. The Hall–Kier alpha value is -9.18. The molecule has 0 amide bonds. The fourth-order valence-corrected chi connectivity index (χ4v) is 17.3. The SMILES string of the molecule is CCCc1ccc(OCC2CO2)c(Cc2cc(OCC(CO)N(CCc3ccc(N(C(CO)COc4ccc(CCC)c(Cc5cc(CCC)ccc5OCC5CO5)c4)C(CO)COc4ccc(CCC)c(Cc5cc(CCC)ccc5OCC5CO5)c4)cc3)C(CO)COc3ccc(CCC)c(Cc4cc(CCC)ccc4OCC4CO4)c3)ccc2CCC)c1. The third kappa shape index (κ3) is 28.2. The van der Waals surface area contributed by atoms with E-state index in [1.807, 2.05) is 24.3 Å². The zero-order valence-corrected chi connectivity index (χ0v) is 76.2. The van der Waals surface area contributed by atoms with Crippen LogP contribution in [0.3, 0.4) is 0 Å². The van der Waals surface area contributed by atoms with Crippen LogP contribution in [0.25, 0.3) is 0 Å². The molecule has 0 saturated carbocycles. The van der Waals surface area contributed by atoms with Gasteiger partial charge in [0.15, 0.2) is 0 Å². The first-order valence-corrected chi connectivity index (χ1v) is 47.3. The molecule has 4 N–H and O–H groups in total. The van der Waals surface area contributed by atoms with Gasteiger partial charge < -0.3 is 82.2 Å². The van der Waals surface area contributed by atoms with Crippen LogP contribution in [0.4, 0.5) is 5.69 Å². The predicted octanol–water partition coefficient (Wildman–Crippen LogP) is 18.2. The summed E-state index contributed by atoms with van der Waals surface area (Å²) >= 11 is 0. The van der Waals surface area contributed by atoms with E-state index in [4.69, 9.17) is 56.8 Å². The van der Waals surface area contributed by atoms with E-state index in [2.05, 4.69) is 211 Å². The Morgan fingerprint density at radius 1 is 0.270 bits per heavy atom. The Morgan fingerprint density at radius 2 is 0.524 bits per heavy atom. The van der Waals surface area contributed by atoms with Crippen molar-refractivity contribution >= 4 is 5.69 Å². The molecule has 4 saturated heterocycles. The van der Waals surface area contributed by atoms with Gasteiger partial charge in [0.05, 0.1) is 77.0 Å².